The molecular weight excluding hydrogens is 1280 g/mol. The van der Waals surface area contributed by atoms with Gasteiger partial charge < -0.3 is 39.7 Å². The molecule has 3 N–H and O–H groups in total. The minimum Gasteiger partial charge on any atom is -0.508 e. The number of nitrogens with one attached hydrogen (secondary N) is 1. The molecule has 2 aromatic heterocycles. The molecule has 16 nitrogen and oxygen atoms in total. The van der Waals surface area contributed by atoms with Crippen molar-refractivity contribution in [2.75, 3.05) is 62.3 Å². The number of nitrogens with zero attached hydrogens (tertiary/aromatic N) is 9. The van der Waals surface area contributed by atoms with Crippen LogP contribution >= 0.6 is 0 Å². The quantitative estimate of drug-likeness (QED) is 0.0735. The van der Waals surface area contributed by atoms with Crippen molar-refractivity contribution in [1.82, 2.24) is 40.0 Å². The summed E-state index contributed by atoms with van der Waals surface area (Å²) in [6.45, 7) is 2.98. The van der Waals surface area contributed by atoms with Crippen molar-refractivity contribution < 1.29 is 60.0 Å². The number of carbonyl (C=O) groups is 2. The van der Waals surface area contributed by atoms with Crippen LogP contribution in [0, 0.1) is 59.3 Å². The smallest absolute Gasteiger partial charge is 0.319 e. The number of terminal acetylenes is 2. The zero-order chi connectivity index (χ0) is 68.1. The number of aromatic nitrogens is 4. The Bertz CT molecular complexity index is 4810. The van der Waals surface area contributed by atoms with Gasteiger partial charge >= 0.3 is 12.0 Å². The van der Waals surface area contributed by atoms with E-state index in [9.17, 15) is 28.6 Å². The Morgan fingerprint density at radius 3 is 2.01 bits per heavy atom. The molecule has 8 unspecified atom stereocenters. The average Bonchev–Trinajstić information content (AvgIpc) is 1.16. The van der Waals surface area contributed by atoms with E-state index in [1.54, 1.807) is 18.2 Å². The van der Waals surface area contributed by atoms with Crippen LogP contribution in [0.1, 0.15) is 113 Å². The first-order valence-electron chi connectivity index (χ1n) is 34.6. The predicted molar refractivity (Wildman–Crippen MR) is 358 cm³/mol. The van der Waals surface area contributed by atoms with Gasteiger partial charge in [-0.05, 0) is 160 Å². The molecule has 9 fully saturated rings. The van der Waals surface area contributed by atoms with E-state index in [0.29, 0.717) is 104 Å². The van der Waals surface area contributed by atoms with Gasteiger partial charge in [0.15, 0.2) is 11.6 Å². The number of ether oxygens (including phenoxy) is 2. The van der Waals surface area contributed by atoms with E-state index in [0.717, 1.165) is 32.1 Å². The largest absolute Gasteiger partial charge is 0.508 e. The second-order valence-electron chi connectivity index (χ2n) is 29.2. The number of halogens is 7. The zero-order valence-corrected chi connectivity index (χ0v) is 54.2. The highest BCUT2D eigenvalue weighted by atomic mass is 19.3. The summed E-state index contributed by atoms with van der Waals surface area (Å²) in [5, 5.41) is 27.5. The van der Waals surface area contributed by atoms with Crippen LogP contribution in [-0.2, 0) is 16.1 Å². The number of piperazine rings is 2. The summed E-state index contributed by atoms with van der Waals surface area (Å²) in [5.41, 5.74) is -0.939. The van der Waals surface area contributed by atoms with Gasteiger partial charge in [-0.2, -0.15) is 19.9 Å². The van der Waals surface area contributed by atoms with Crippen molar-refractivity contribution >= 4 is 66.8 Å². The lowest BCUT2D eigenvalue weighted by Gasteiger charge is -2.46. The van der Waals surface area contributed by atoms with Crippen LogP contribution in [0.2, 0.25) is 0 Å². The van der Waals surface area contributed by atoms with Gasteiger partial charge in [0.05, 0.1) is 23.3 Å². The van der Waals surface area contributed by atoms with Gasteiger partial charge in [0, 0.05) is 120 Å². The third-order valence-electron chi connectivity index (χ3n) is 23.5. The van der Waals surface area contributed by atoms with Crippen LogP contribution in [0.4, 0.5) is 42.4 Å². The molecule has 2 aliphatic carbocycles. The minimum atomic E-state index is -2.79. The standard InChI is InChI=1S/C76H71F7N10O6/c1-3-49-58(78)16-9-41-26-47(94)30-56(62(41)49)51-13-15-54-67(64(51)80)86-73(88-69(54)92-35-44-28-60(92)70(96)84-44)98-38-74-19-5-8-61(74)89(24-6-20-74)33-42-27-59(79)50(4-2)63-55(42)29-48(95)31-57(63)52-12-14-53-66(65(52)81)85-72(99-39-75-21-7-25-91(75)34-43(77)32-75)87-68(53)90-36-45-10-11-46(37-90)93(45)71(97)40-17-22-76(82,83)23-18-40/h1-2,9,12-16,26-27,29-31,40,43-46,60-61,94-95H,5-8,10-11,17-25,28,32-39H2,(H,84,96). The van der Waals surface area contributed by atoms with E-state index in [1.165, 1.54) is 48.5 Å². The van der Waals surface area contributed by atoms with Crippen LogP contribution in [0.3, 0.4) is 0 Å². The number of hydrogen-bond donors (Lipinski definition) is 3. The number of rotatable bonds is 13. The molecule has 0 radical (unpaired) electrons. The van der Waals surface area contributed by atoms with Gasteiger partial charge in [0.2, 0.25) is 17.7 Å². The number of likely N-dealkylation sites (tertiary alicyclic amines) is 1. The maximum atomic E-state index is 18.3. The second kappa shape index (κ2) is 23.7. The van der Waals surface area contributed by atoms with E-state index < -0.39 is 58.3 Å². The number of aromatic hydroxyl groups is 2. The third kappa shape index (κ3) is 10.5. The molecule has 6 aromatic carbocycles. The van der Waals surface area contributed by atoms with Crippen molar-refractivity contribution in [2.24, 2.45) is 11.3 Å². The molecule has 17 rings (SSSR count). The molecule has 2 amide bonds. The first kappa shape index (κ1) is 63.3. The average molecular weight is 1350 g/mol. The van der Waals surface area contributed by atoms with Crippen molar-refractivity contribution in [3.8, 4) is 70.5 Å². The molecule has 23 heteroatoms. The predicted octanol–water partition coefficient (Wildman–Crippen LogP) is 12.4. The van der Waals surface area contributed by atoms with Gasteiger partial charge in [-0.15, -0.1) is 12.8 Å². The molecule has 9 aliphatic rings. The van der Waals surface area contributed by atoms with Crippen molar-refractivity contribution in [1.29, 1.82) is 0 Å². The number of amides is 2. The first-order valence-corrected chi connectivity index (χ1v) is 34.6. The van der Waals surface area contributed by atoms with Crippen molar-refractivity contribution in [3.63, 3.8) is 0 Å². The fourth-order valence-electron chi connectivity index (χ4n) is 19.0. The Hall–Kier alpha value is -9.19. The van der Waals surface area contributed by atoms with Crippen LogP contribution in [0.5, 0.6) is 23.5 Å². The van der Waals surface area contributed by atoms with Gasteiger partial charge in [0.1, 0.15) is 64.6 Å². The fraction of sp³-hybridized carbons (Fsp3) is 0.447. The highest BCUT2D eigenvalue weighted by Gasteiger charge is 2.52. The van der Waals surface area contributed by atoms with Crippen LogP contribution < -0.4 is 24.6 Å². The molecule has 9 heterocycles. The van der Waals surface area contributed by atoms with E-state index in [1.807, 2.05) is 14.7 Å². The number of anilines is 2. The molecule has 7 saturated heterocycles. The lowest BCUT2D eigenvalue weighted by Crippen LogP contribution is -2.57. The normalized spacial score (nSPS) is 26.6. The number of piperidine rings is 1. The highest BCUT2D eigenvalue weighted by Crippen LogP contribution is 2.51. The molecule has 99 heavy (non-hydrogen) atoms. The Morgan fingerprint density at radius 1 is 0.667 bits per heavy atom. The van der Waals surface area contributed by atoms with Crippen molar-refractivity contribution in [2.45, 2.75) is 151 Å². The van der Waals surface area contributed by atoms with Crippen LogP contribution in [0.25, 0.3) is 65.6 Å². The SMILES string of the molecule is C#Cc1c(F)ccc2cc(O)cc(-c3ccc4c(N5CC6CC5C(=O)N6)nc(OCC56CCCC5N(Cc5cc(F)c(C#C)c7c(-c8ccc9c(N%10CC%11CCC(C%10)N%11C(=O)C%10CCC(F)(F)CC%10)nc(OCC%10%11CCCN%10CC(F)C%11)nc9c8F)cc(O)cc57)CCC6)nc4c3F)c12. The summed E-state index contributed by atoms with van der Waals surface area (Å²) >= 11 is 0. The Balaban J connectivity index is 0.700. The van der Waals surface area contributed by atoms with E-state index in [-0.39, 0.29) is 173 Å². The molecule has 7 aliphatic heterocycles. The maximum Gasteiger partial charge on any atom is 0.319 e. The van der Waals surface area contributed by atoms with Gasteiger partial charge in [0.25, 0.3) is 0 Å². The summed E-state index contributed by atoms with van der Waals surface area (Å²) in [6, 6.07) is 14.4. The summed E-state index contributed by atoms with van der Waals surface area (Å²) < 4.78 is 125. The molecule has 8 aromatic rings. The van der Waals surface area contributed by atoms with E-state index in [2.05, 4.69) is 27.0 Å². The summed E-state index contributed by atoms with van der Waals surface area (Å²) in [6.07, 6.45) is 18.0. The number of benzene rings is 6. The number of alkyl halides is 3. The second-order valence-corrected chi connectivity index (χ2v) is 29.2. The number of carbonyl (C=O) groups excluding carboxylic acids is 2. The molecule has 510 valence electrons. The van der Waals surface area contributed by atoms with E-state index >= 15 is 22.0 Å². The van der Waals surface area contributed by atoms with E-state index in [4.69, 9.17) is 42.3 Å². The topological polar surface area (TPSA) is 173 Å². The molecule has 0 spiro atoms. The Labute approximate surface area is 565 Å². The van der Waals surface area contributed by atoms with Crippen LogP contribution in [0.15, 0.2) is 66.7 Å². The Kier molecular flexibility index (Phi) is 15.2. The lowest BCUT2D eigenvalue weighted by molar-refractivity contribution is -0.143. The Morgan fingerprint density at radius 2 is 1.31 bits per heavy atom. The summed E-state index contributed by atoms with van der Waals surface area (Å²) in [4.78, 5) is 56.9. The zero-order valence-electron chi connectivity index (χ0n) is 54.2. The van der Waals surface area contributed by atoms with Crippen LogP contribution in [-0.4, -0.2) is 157 Å². The van der Waals surface area contributed by atoms with Gasteiger partial charge in [-0.25, -0.2) is 30.7 Å². The third-order valence-corrected chi connectivity index (χ3v) is 23.5. The monoisotopic (exact) mass is 1350 g/mol. The molecular formula is C76H71F7N10O6. The number of fused-ring (bicyclic) bond motifs is 10. The first-order chi connectivity index (χ1) is 47.8. The minimum absolute atomic E-state index is 0.0137. The summed E-state index contributed by atoms with van der Waals surface area (Å²) in [7, 11) is 0. The molecule has 2 saturated carbocycles. The number of hydrogen-bond acceptors (Lipinski definition) is 14. The molecule has 8 atom stereocenters. The van der Waals surface area contributed by atoms with Gasteiger partial charge in [-0.3, -0.25) is 19.4 Å². The lowest BCUT2D eigenvalue weighted by atomic mass is 9.75. The molecule has 4 bridgehead atoms. The highest BCUT2D eigenvalue weighted by molar-refractivity contribution is 6.07. The maximum absolute atomic E-state index is 18.3. The van der Waals surface area contributed by atoms with Gasteiger partial charge in [-0.1, -0.05) is 36.5 Å². The van der Waals surface area contributed by atoms with Crippen molar-refractivity contribution in [3.05, 3.63) is 107 Å². The number of phenols is 2. The number of phenolic OH excluding ortho intramolecular Hbond substituents is 2. The summed E-state index contributed by atoms with van der Waals surface area (Å²) in [5.74, 6) is -1.48. The fourth-order valence-corrected chi connectivity index (χ4v) is 19.0.